The molecule has 1 aromatic heterocycles. The zero-order valence-corrected chi connectivity index (χ0v) is 14.3. The molecule has 1 aromatic carbocycles. The number of aryl methyl sites for hydroxylation is 1. The summed E-state index contributed by atoms with van der Waals surface area (Å²) in [5, 5.41) is 0. The normalized spacial score (nSPS) is 23.6. The van der Waals surface area contributed by atoms with Crippen LogP contribution < -0.4 is 0 Å². The highest BCUT2D eigenvalue weighted by molar-refractivity contribution is 7.99. The minimum absolute atomic E-state index is 0.0406. The summed E-state index contributed by atoms with van der Waals surface area (Å²) in [4.78, 5) is 31.0. The van der Waals surface area contributed by atoms with Crippen molar-refractivity contribution in [2.45, 2.75) is 26.3 Å². The average Bonchev–Trinajstić information content (AvgIpc) is 3.25. The molecule has 2 aliphatic heterocycles. The third-order valence-corrected chi connectivity index (χ3v) is 6.06. The molecule has 2 amide bonds. The van der Waals surface area contributed by atoms with Crippen molar-refractivity contribution in [1.82, 2.24) is 9.88 Å². The predicted octanol–water partition coefficient (Wildman–Crippen LogP) is 3.03. The van der Waals surface area contributed by atoms with Gasteiger partial charge in [0.2, 0.25) is 17.7 Å². The van der Waals surface area contributed by atoms with Gasteiger partial charge in [0.1, 0.15) is 11.5 Å². The van der Waals surface area contributed by atoms with Gasteiger partial charge in [-0.25, -0.2) is 4.98 Å². The van der Waals surface area contributed by atoms with E-state index in [2.05, 4.69) is 4.98 Å². The van der Waals surface area contributed by atoms with Crippen molar-refractivity contribution in [3.8, 4) is 11.5 Å². The van der Waals surface area contributed by atoms with E-state index < -0.39 is 5.41 Å². The van der Waals surface area contributed by atoms with E-state index in [4.69, 9.17) is 4.42 Å². The van der Waals surface area contributed by atoms with Gasteiger partial charge in [-0.05, 0) is 31.2 Å². The number of likely N-dealkylation sites (tertiary alicyclic amines) is 1. The minimum atomic E-state index is -0.471. The maximum atomic E-state index is 12.8. The number of amides is 2. The fourth-order valence-corrected chi connectivity index (χ4v) is 4.80. The summed E-state index contributed by atoms with van der Waals surface area (Å²) in [7, 11) is 0. The number of hydrogen-bond acceptors (Lipinski definition) is 5. The number of carbonyl (C=O) groups excluding carboxylic acids is 2. The second kappa shape index (κ2) is 5.77. The molecule has 6 heteroatoms. The average molecular weight is 342 g/mol. The van der Waals surface area contributed by atoms with Crippen molar-refractivity contribution < 1.29 is 14.0 Å². The second-order valence-corrected chi connectivity index (χ2v) is 7.54. The van der Waals surface area contributed by atoms with Gasteiger partial charge < -0.3 is 4.42 Å². The Labute approximate surface area is 144 Å². The van der Waals surface area contributed by atoms with Gasteiger partial charge in [-0.3, -0.25) is 14.5 Å². The summed E-state index contributed by atoms with van der Waals surface area (Å²) in [5.74, 6) is 2.74. The first kappa shape index (κ1) is 15.4. The Morgan fingerprint density at radius 2 is 2.08 bits per heavy atom. The number of carbonyl (C=O) groups is 2. The molecule has 2 saturated heterocycles. The molecule has 2 aromatic rings. The SMILES string of the molecule is Cc1oc(-c2ccccc2)nc1CN1C(=O)C[C@]2(CCSC2)C1=O. The molecular formula is C18H18N2O3S. The molecule has 4 rings (SSSR count). The lowest BCUT2D eigenvalue weighted by molar-refractivity contribution is -0.141. The Morgan fingerprint density at radius 1 is 1.29 bits per heavy atom. The standard InChI is InChI=1S/C18H18N2O3S/c1-12-14(19-16(23-12)13-5-3-2-4-6-13)10-20-15(21)9-18(17(20)22)7-8-24-11-18/h2-6H,7-11H2,1H3/t18-/m0/s1. The molecule has 0 radical (unpaired) electrons. The number of hydrogen-bond donors (Lipinski definition) is 0. The van der Waals surface area contributed by atoms with Crippen LogP contribution in [-0.4, -0.2) is 33.2 Å². The van der Waals surface area contributed by atoms with Gasteiger partial charge in [0.05, 0.1) is 12.0 Å². The van der Waals surface area contributed by atoms with Crippen molar-refractivity contribution in [1.29, 1.82) is 0 Å². The van der Waals surface area contributed by atoms with E-state index in [1.807, 2.05) is 37.3 Å². The molecule has 1 spiro atoms. The van der Waals surface area contributed by atoms with E-state index in [1.165, 1.54) is 4.90 Å². The topological polar surface area (TPSA) is 63.4 Å². The number of rotatable bonds is 3. The van der Waals surface area contributed by atoms with Crippen LogP contribution in [0.2, 0.25) is 0 Å². The molecule has 0 aliphatic carbocycles. The van der Waals surface area contributed by atoms with Crippen molar-refractivity contribution >= 4 is 23.6 Å². The lowest BCUT2D eigenvalue weighted by Gasteiger charge is -2.19. The van der Waals surface area contributed by atoms with Crippen molar-refractivity contribution in [2.24, 2.45) is 5.41 Å². The van der Waals surface area contributed by atoms with E-state index in [9.17, 15) is 9.59 Å². The molecule has 124 valence electrons. The lowest BCUT2D eigenvalue weighted by atomic mass is 9.86. The van der Waals surface area contributed by atoms with Gasteiger partial charge in [-0.2, -0.15) is 11.8 Å². The Balaban J connectivity index is 1.59. The highest BCUT2D eigenvalue weighted by Gasteiger charge is 2.53. The molecule has 0 N–H and O–H groups in total. The zero-order valence-electron chi connectivity index (χ0n) is 13.4. The molecule has 0 unspecified atom stereocenters. The smallest absolute Gasteiger partial charge is 0.237 e. The molecule has 5 nitrogen and oxygen atoms in total. The Hall–Kier alpha value is -2.08. The summed E-state index contributed by atoms with van der Waals surface area (Å²) < 4.78 is 5.73. The van der Waals surface area contributed by atoms with Gasteiger partial charge in [0.15, 0.2) is 0 Å². The third-order valence-electron chi connectivity index (χ3n) is 4.81. The highest BCUT2D eigenvalue weighted by atomic mass is 32.2. The molecule has 24 heavy (non-hydrogen) atoms. The Kier molecular flexibility index (Phi) is 3.72. The molecular weight excluding hydrogens is 324 g/mol. The van der Waals surface area contributed by atoms with Gasteiger partial charge in [0.25, 0.3) is 0 Å². The maximum absolute atomic E-state index is 12.8. The Bertz CT molecular complexity index is 794. The molecule has 0 saturated carbocycles. The minimum Gasteiger partial charge on any atom is -0.441 e. The van der Waals surface area contributed by atoms with Crippen molar-refractivity contribution in [3.63, 3.8) is 0 Å². The van der Waals surface area contributed by atoms with Gasteiger partial charge in [-0.15, -0.1) is 0 Å². The van der Waals surface area contributed by atoms with Crippen LogP contribution in [0, 0.1) is 12.3 Å². The molecule has 2 aliphatic rings. The largest absolute Gasteiger partial charge is 0.441 e. The van der Waals surface area contributed by atoms with Crippen LogP contribution in [0.25, 0.3) is 11.5 Å². The van der Waals surface area contributed by atoms with Crippen LogP contribution in [0.3, 0.4) is 0 Å². The number of thioether (sulfide) groups is 1. The van der Waals surface area contributed by atoms with Crippen LogP contribution in [0.15, 0.2) is 34.7 Å². The van der Waals surface area contributed by atoms with E-state index in [0.717, 1.165) is 23.5 Å². The fraction of sp³-hybridized carbons (Fsp3) is 0.389. The maximum Gasteiger partial charge on any atom is 0.237 e. The lowest BCUT2D eigenvalue weighted by Crippen LogP contribution is -2.35. The number of aromatic nitrogens is 1. The van der Waals surface area contributed by atoms with Gasteiger partial charge in [-0.1, -0.05) is 18.2 Å². The van der Waals surface area contributed by atoms with Gasteiger partial charge in [0, 0.05) is 17.7 Å². The van der Waals surface area contributed by atoms with Crippen LogP contribution in [0.5, 0.6) is 0 Å². The van der Waals surface area contributed by atoms with Crippen LogP contribution >= 0.6 is 11.8 Å². The van der Waals surface area contributed by atoms with E-state index >= 15 is 0 Å². The highest BCUT2D eigenvalue weighted by Crippen LogP contribution is 2.45. The Morgan fingerprint density at radius 3 is 2.79 bits per heavy atom. The first-order valence-corrected chi connectivity index (χ1v) is 9.19. The van der Waals surface area contributed by atoms with E-state index in [-0.39, 0.29) is 18.4 Å². The molecule has 0 bridgehead atoms. The van der Waals surface area contributed by atoms with Crippen molar-refractivity contribution in [2.75, 3.05) is 11.5 Å². The quantitative estimate of drug-likeness (QED) is 0.802. The monoisotopic (exact) mass is 342 g/mol. The summed E-state index contributed by atoms with van der Waals surface area (Å²) in [6.07, 6.45) is 1.13. The van der Waals surface area contributed by atoms with Crippen LogP contribution in [-0.2, 0) is 16.1 Å². The summed E-state index contributed by atoms with van der Waals surface area (Å²) >= 11 is 1.75. The fourth-order valence-electron chi connectivity index (χ4n) is 3.36. The van der Waals surface area contributed by atoms with Crippen LogP contribution in [0.1, 0.15) is 24.3 Å². The van der Waals surface area contributed by atoms with Crippen molar-refractivity contribution in [3.05, 3.63) is 41.8 Å². The van der Waals surface area contributed by atoms with E-state index in [1.54, 1.807) is 11.8 Å². The first-order valence-electron chi connectivity index (χ1n) is 8.03. The summed E-state index contributed by atoms with van der Waals surface area (Å²) in [5.41, 5.74) is 1.06. The molecule has 2 fully saturated rings. The van der Waals surface area contributed by atoms with Crippen LogP contribution in [0.4, 0.5) is 0 Å². The number of imide groups is 1. The number of benzene rings is 1. The van der Waals surface area contributed by atoms with Gasteiger partial charge >= 0.3 is 0 Å². The zero-order chi connectivity index (χ0) is 16.7. The predicted molar refractivity (Wildman–Crippen MR) is 91.2 cm³/mol. The molecule has 1 atom stereocenters. The third kappa shape index (κ3) is 2.45. The second-order valence-electron chi connectivity index (χ2n) is 6.43. The number of oxazole rings is 1. The summed E-state index contributed by atoms with van der Waals surface area (Å²) in [6.45, 7) is 2.02. The number of nitrogens with zero attached hydrogens (tertiary/aromatic N) is 2. The summed E-state index contributed by atoms with van der Waals surface area (Å²) in [6, 6.07) is 9.62. The molecule has 3 heterocycles. The van der Waals surface area contributed by atoms with E-state index in [0.29, 0.717) is 23.8 Å². The first-order chi connectivity index (χ1) is 11.6.